The highest BCUT2D eigenvalue weighted by Crippen LogP contribution is 2.48. The molecule has 0 spiro atoms. The van der Waals surface area contributed by atoms with Gasteiger partial charge in [-0.05, 0) is 67.8 Å². The summed E-state index contributed by atoms with van der Waals surface area (Å²) in [7, 11) is 4.45. The normalized spacial score (nSPS) is 16.5. The molecule has 11 heteroatoms. The molecule has 0 radical (unpaired) electrons. The Morgan fingerprint density at radius 1 is 0.952 bits per heavy atom. The van der Waals surface area contributed by atoms with Gasteiger partial charge in [-0.25, -0.2) is 9.97 Å². The number of carbonyl (C=O) groups is 2. The highest BCUT2D eigenvalue weighted by Gasteiger charge is 2.49. The number of aryl methyl sites for hydroxylation is 3. The van der Waals surface area contributed by atoms with Crippen molar-refractivity contribution in [2.45, 2.75) is 26.8 Å². The summed E-state index contributed by atoms with van der Waals surface area (Å²) in [6.07, 6.45) is 1.83. The van der Waals surface area contributed by atoms with Crippen molar-refractivity contribution in [2.24, 2.45) is 0 Å². The molecule has 5 aromatic rings. The molecule has 2 aromatic carbocycles. The molecule has 214 valence electrons. The molecule has 1 fully saturated rings. The number of aliphatic hydroxyl groups excluding tert-OH is 1. The first-order chi connectivity index (χ1) is 20.2. The summed E-state index contributed by atoms with van der Waals surface area (Å²) in [5.41, 5.74) is 4.43. The van der Waals surface area contributed by atoms with E-state index in [0.29, 0.717) is 44.8 Å². The van der Waals surface area contributed by atoms with E-state index in [4.69, 9.17) is 19.2 Å². The monoisotopic (exact) mass is 584 g/mol. The van der Waals surface area contributed by atoms with Gasteiger partial charge in [0.2, 0.25) is 5.75 Å². The lowest BCUT2D eigenvalue weighted by Crippen LogP contribution is -2.29. The molecular weight excluding hydrogens is 556 g/mol. The smallest absolute Gasteiger partial charge is 0.301 e. The minimum atomic E-state index is -1.06. The van der Waals surface area contributed by atoms with Crippen molar-refractivity contribution in [3.05, 3.63) is 82.3 Å². The zero-order chi connectivity index (χ0) is 29.9. The molecule has 1 saturated heterocycles. The second-order valence-electron chi connectivity index (χ2n) is 10.0. The number of benzene rings is 2. The Balaban J connectivity index is 1.64. The Hall–Kier alpha value is -4.90. The maximum absolute atomic E-state index is 13.8. The van der Waals surface area contributed by atoms with Gasteiger partial charge in [0.25, 0.3) is 5.78 Å². The standard InChI is InChI=1S/C31H28N4O6S/c1-15-9-10-19-22(12-15)42-31(32-19)35-25(18-13-20(39-4)28(41-6)21(14-18)40-5)23(27(37)30(35)38)26(36)24-17(3)34-11-7-8-16(2)29(34)33-24/h7-14,25,36H,1-6H3/b26-23+. The molecule has 10 nitrogen and oxygen atoms in total. The number of Topliss-reactive ketones (excluding diaryl/α,β-unsaturated/α-hetero) is 1. The number of methoxy groups -OCH3 is 3. The lowest BCUT2D eigenvalue weighted by atomic mass is 9.95. The summed E-state index contributed by atoms with van der Waals surface area (Å²) in [5.74, 6) is -1.04. The molecule has 1 aliphatic rings. The lowest BCUT2D eigenvalue weighted by molar-refractivity contribution is -0.132. The third-order valence-electron chi connectivity index (χ3n) is 7.49. The summed E-state index contributed by atoms with van der Waals surface area (Å²) in [6, 6.07) is 11.8. The average Bonchev–Trinajstić information content (AvgIpc) is 3.63. The number of ether oxygens (including phenoxy) is 3. The average molecular weight is 585 g/mol. The van der Waals surface area contributed by atoms with E-state index in [2.05, 4.69) is 4.98 Å². The van der Waals surface area contributed by atoms with Crippen LogP contribution in [0.15, 0.2) is 54.2 Å². The number of ketones is 1. The number of imidazole rings is 1. The number of anilines is 1. The van der Waals surface area contributed by atoms with Crippen molar-refractivity contribution in [3.8, 4) is 17.2 Å². The fourth-order valence-corrected chi connectivity index (χ4v) is 6.49. The Kier molecular flexibility index (Phi) is 6.61. The summed E-state index contributed by atoms with van der Waals surface area (Å²) in [4.78, 5) is 38.3. The van der Waals surface area contributed by atoms with Gasteiger partial charge in [0.05, 0.1) is 48.9 Å². The fraction of sp³-hybridized carbons (Fsp3) is 0.226. The zero-order valence-electron chi connectivity index (χ0n) is 23.9. The molecule has 3 aromatic heterocycles. The van der Waals surface area contributed by atoms with Crippen LogP contribution in [0.2, 0.25) is 0 Å². The molecule has 1 unspecified atom stereocenters. The second-order valence-corrected chi connectivity index (χ2v) is 11.0. The van der Waals surface area contributed by atoms with E-state index >= 15 is 0 Å². The summed E-state index contributed by atoms with van der Waals surface area (Å²) >= 11 is 1.29. The Labute approximate surface area is 245 Å². The number of pyridine rings is 1. The maximum Gasteiger partial charge on any atom is 0.301 e. The van der Waals surface area contributed by atoms with E-state index in [0.717, 1.165) is 15.8 Å². The molecule has 4 heterocycles. The van der Waals surface area contributed by atoms with E-state index in [-0.39, 0.29) is 17.0 Å². The lowest BCUT2D eigenvalue weighted by Gasteiger charge is -2.24. The fourth-order valence-electron chi connectivity index (χ4n) is 5.40. The van der Waals surface area contributed by atoms with E-state index in [9.17, 15) is 14.7 Å². The molecule has 0 aliphatic carbocycles. The first kappa shape index (κ1) is 27.3. The molecule has 1 atom stereocenters. The summed E-state index contributed by atoms with van der Waals surface area (Å²) in [5, 5.41) is 12.1. The van der Waals surface area contributed by atoms with Crippen LogP contribution in [-0.2, 0) is 9.59 Å². The number of fused-ring (bicyclic) bond motifs is 2. The van der Waals surface area contributed by atoms with Crippen molar-refractivity contribution in [1.29, 1.82) is 0 Å². The Bertz CT molecular complexity index is 1930. The van der Waals surface area contributed by atoms with Crippen molar-refractivity contribution >= 4 is 49.8 Å². The van der Waals surface area contributed by atoms with Gasteiger partial charge in [-0.1, -0.05) is 23.5 Å². The van der Waals surface area contributed by atoms with Crippen LogP contribution < -0.4 is 19.1 Å². The maximum atomic E-state index is 13.8. The van der Waals surface area contributed by atoms with Crippen LogP contribution in [0.3, 0.4) is 0 Å². The minimum absolute atomic E-state index is 0.117. The van der Waals surface area contributed by atoms with E-state index in [1.807, 2.05) is 54.8 Å². The van der Waals surface area contributed by atoms with Crippen molar-refractivity contribution in [3.63, 3.8) is 0 Å². The zero-order valence-corrected chi connectivity index (χ0v) is 24.7. The van der Waals surface area contributed by atoms with Gasteiger partial charge in [-0.3, -0.25) is 14.5 Å². The first-order valence-corrected chi connectivity index (χ1v) is 13.9. The third-order valence-corrected chi connectivity index (χ3v) is 8.51. The molecule has 1 N–H and O–H groups in total. The molecule has 0 saturated carbocycles. The number of nitrogens with zero attached hydrogens (tertiary/aromatic N) is 4. The van der Waals surface area contributed by atoms with Crippen LogP contribution in [0.1, 0.15) is 34.1 Å². The number of hydrogen-bond donors (Lipinski definition) is 1. The number of rotatable bonds is 6. The topological polar surface area (TPSA) is 115 Å². The van der Waals surface area contributed by atoms with Crippen molar-refractivity contribution < 1.29 is 28.9 Å². The van der Waals surface area contributed by atoms with Crippen LogP contribution in [-0.4, -0.2) is 52.5 Å². The van der Waals surface area contributed by atoms with Crippen LogP contribution in [0.4, 0.5) is 5.13 Å². The highest BCUT2D eigenvalue weighted by atomic mass is 32.1. The Morgan fingerprint density at radius 2 is 1.67 bits per heavy atom. The second kappa shape index (κ2) is 10.2. The van der Waals surface area contributed by atoms with Gasteiger partial charge >= 0.3 is 5.91 Å². The van der Waals surface area contributed by atoms with Gasteiger partial charge in [-0.15, -0.1) is 0 Å². The molecule has 1 amide bonds. The summed E-state index contributed by atoms with van der Waals surface area (Å²) < 4.78 is 19.4. The van der Waals surface area contributed by atoms with Crippen molar-refractivity contribution in [2.75, 3.05) is 26.2 Å². The Morgan fingerprint density at radius 3 is 2.31 bits per heavy atom. The number of carbonyl (C=O) groups excluding carboxylic acids is 2. The number of thiazole rings is 1. The van der Waals surface area contributed by atoms with E-state index < -0.39 is 17.7 Å². The van der Waals surface area contributed by atoms with E-state index in [1.165, 1.54) is 37.6 Å². The number of aliphatic hydroxyl groups is 1. The van der Waals surface area contributed by atoms with Crippen LogP contribution in [0.25, 0.3) is 21.6 Å². The van der Waals surface area contributed by atoms with Crippen LogP contribution in [0, 0.1) is 20.8 Å². The minimum Gasteiger partial charge on any atom is -0.505 e. The molecule has 1 aliphatic heterocycles. The van der Waals surface area contributed by atoms with Gasteiger partial charge in [0.1, 0.15) is 11.3 Å². The summed E-state index contributed by atoms with van der Waals surface area (Å²) in [6.45, 7) is 5.68. The highest BCUT2D eigenvalue weighted by molar-refractivity contribution is 7.22. The molecule has 0 bridgehead atoms. The third kappa shape index (κ3) is 4.07. The quantitative estimate of drug-likeness (QED) is 0.158. The molecular formula is C31H28N4O6S. The van der Waals surface area contributed by atoms with Gasteiger partial charge in [0, 0.05) is 6.20 Å². The predicted molar refractivity (Wildman–Crippen MR) is 160 cm³/mol. The SMILES string of the molecule is COc1cc(C2/C(=C(\O)c3nc4c(C)cccn4c3C)C(=O)C(=O)N2c2nc3ccc(C)cc3s2)cc(OC)c1OC. The largest absolute Gasteiger partial charge is 0.505 e. The predicted octanol–water partition coefficient (Wildman–Crippen LogP) is 5.52. The first-order valence-electron chi connectivity index (χ1n) is 13.1. The van der Waals surface area contributed by atoms with Gasteiger partial charge in [0.15, 0.2) is 22.4 Å². The van der Waals surface area contributed by atoms with Crippen molar-refractivity contribution in [1.82, 2.24) is 14.4 Å². The number of amides is 1. The van der Waals surface area contributed by atoms with E-state index in [1.54, 1.807) is 19.1 Å². The van der Waals surface area contributed by atoms with Gasteiger partial charge < -0.3 is 23.7 Å². The molecule has 42 heavy (non-hydrogen) atoms. The van der Waals surface area contributed by atoms with Crippen LogP contribution >= 0.6 is 11.3 Å². The number of hydrogen-bond acceptors (Lipinski definition) is 9. The number of aromatic nitrogens is 3. The molecule has 6 rings (SSSR count). The van der Waals surface area contributed by atoms with Crippen LogP contribution in [0.5, 0.6) is 17.2 Å². The van der Waals surface area contributed by atoms with Gasteiger partial charge in [-0.2, -0.15) is 0 Å².